The van der Waals surface area contributed by atoms with Gasteiger partial charge in [-0.05, 0) is 56.4 Å². The Balaban J connectivity index is 1.79. The molecule has 106 valence electrons. The van der Waals surface area contributed by atoms with Gasteiger partial charge in [-0.1, -0.05) is 12.1 Å². The van der Waals surface area contributed by atoms with Gasteiger partial charge in [0.05, 0.1) is 6.10 Å². The van der Waals surface area contributed by atoms with Gasteiger partial charge in [0.25, 0.3) is 0 Å². The zero-order valence-electron chi connectivity index (χ0n) is 11.8. The maximum absolute atomic E-state index is 12.9. The smallest absolute Gasteiger partial charge is 0.123 e. The van der Waals surface area contributed by atoms with Crippen LogP contribution in [0.3, 0.4) is 0 Å². The molecule has 0 aliphatic heterocycles. The van der Waals surface area contributed by atoms with Gasteiger partial charge in [-0.2, -0.15) is 0 Å². The molecule has 1 aromatic carbocycles. The Labute approximate surface area is 118 Å². The van der Waals surface area contributed by atoms with Crippen molar-refractivity contribution in [3.63, 3.8) is 0 Å². The Morgan fingerprint density at radius 1 is 1.30 bits per heavy atom. The van der Waals surface area contributed by atoms with Gasteiger partial charge >= 0.3 is 0 Å². The predicted molar refractivity (Wildman–Crippen MR) is 77.2 cm³/mol. The van der Waals surface area contributed by atoms with Crippen molar-refractivity contribution in [1.82, 2.24) is 4.57 Å². The SMILES string of the molecule is Cc1cc2c(n1CCc1ccc(F)cc1)CCCC2O. The average molecular weight is 273 g/mol. The van der Waals surface area contributed by atoms with Gasteiger partial charge in [0.1, 0.15) is 5.82 Å². The summed E-state index contributed by atoms with van der Waals surface area (Å²) >= 11 is 0. The van der Waals surface area contributed by atoms with E-state index < -0.39 is 0 Å². The lowest BCUT2D eigenvalue weighted by atomic mass is 9.95. The molecule has 1 unspecified atom stereocenters. The maximum atomic E-state index is 12.9. The summed E-state index contributed by atoms with van der Waals surface area (Å²) in [5, 5.41) is 10.1. The molecule has 1 heterocycles. The fourth-order valence-corrected chi connectivity index (χ4v) is 3.14. The first-order chi connectivity index (χ1) is 9.65. The summed E-state index contributed by atoms with van der Waals surface area (Å²) in [7, 11) is 0. The number of aliphatic hydroxyl groups is 1. The number of benzene rings is 1. The van der Waals surface area contributed by atoms with Gasteiger partial charge in [-0.15, -0.1) is 0 Å². The number of rotatable bonds is 3. The second-order valence-corrected chi connectivity index (χ2v) is 5.62. The monoisotopic (exact) mass is 273 g/mol. The molecule has 0 radical (unpaired) electrons. The molecule has 0 saturated carbocycles. The maximum Gasteiger partial charge on any atom is 0.123 e. The molecule has 0 saturated heterocycles. The number of halogens is 1. The highest BCUT2D eigenvalue weighted by molar-refractivity contribution is 5.32. The molecular weight excluding hydrogens is 253 g/mol. The third-order valence-corrected chi connectivity index (χ3v) is 4.24. The first-order valence-corrected chi connectivity index (χ1v) is 7.26. The molecule has 2 nitrogen and oxygen atoms in total. The third kappa shape index (κ3) is 2.50. The van der Waals surface area contributed by atoms with E-state index in [2.05, 4.69) is 17.6 Å². The van der Waals surface area contributed by atoms with Crippen LogP contribution in [0.1, 0.15) is 41.5 Å². The summed E-state index contributed by atoms with van der Waals surface area (Å²) < 4.78 is 15.2. The Hall–Kier alpha value is -1.61. The molecule has 0 amide bonds. The van der Waals surface area contributed by atoms with Crippen LogP contribution in [-0.4, -0.2) is 9.67 Å². The summed E-state index contributed by atoms with van der Waals surface area (Å²) in [5.41, 5.74) is 4.74. The van der Waals surface area contributed by atoms with E-state index in [1.54, 1.807) is 0 Å². The van der Waals surface area contributed by atoms with Gasteiger partial charge in [0.15, 0.2) is 0 Å². The molecule has 20 heavy (non-hydrogen) atoms. The minimum Gasteiger partial charge on any atom is -0.388 e. The first-order valence-electron chi connectivity index (χ1n) is 7.26. The van der Waals surface area contributed by atoms with Crippen molar-refractivity contribution in [2.45, 2.75) is 45.3 Å². The van der Waals surface area contributed by atoms with Gasteiger partial charge < -0.3 is 9.67 Å². The predicted octanol–water partition coefficient (Wildman–Crippen LogP) is 3.55. The van der Waals surface area contributed by atoms with E-state index >= 15 is 0 Å². The minimum atomic E-state index is -0.301. The largest absolute Gasteiger partial charge is 0.388 e. The van der Waals surface area contributed by atoms with E-state index in [1.807, 2.05) is 12.1 Å². The van der Waals surface area contributed by atoms with Crippen LogP contribution in [0.4, 0.5) is 4.39 Å². The van der Waals surface area contributed by atoms with Gasteiger partial charge in [-0.25, -0.2) is 4.39 Å². The van der Waals surface area contributed by atoms with E-state index in [1.165, 1.54) is 23.5 Å². The van der Waals surface area contributed by atoms with Crippen LogP contribution in [0.2, 0.25) is 0 Å². The van der Waals surface area contributed by atoms with Crippen LogP contribution in [0.15, 0.2) is 30.3 Å². The van der Waals surface area contributed by atoms with Crippen LogP contribution in [0, 0.1) is 12.7 Å². The minimum absolute atomic E-state index is 0.189. The summed E-state index contributed by atoms with van der Waals surface area (Å²) in [6.07, 6.45) is 3.55. The fraction of sp³-hybridized carbons (Fsp3) is 0.412. The van der Waals surface area contributed by atoms with Crippen LogP contribution < -0.4 is 0 Å². The molecular formula is C17H20FNO. The average Bonchev–Trinajstić information content (AvgIpc) is 2.76. The Kier molecular flexibility index (Phi) is 3.62. The lowest BCUT2D eigenvalue weighted by molar-refractivity contribution is 0.155. The van der Waals surface area contributed by atoms with Crippen molar-refractivity contribution in [2.75, 3.05) is 0 Å². The van der Waals surface area contributed by atoms with Crippen LogP contribution in [-0.2, 0) is 19.4 Å². The van der Waals surface area contributed by atoms with Crippen LogP contribution >= 0.6 is 0 Å². The summed E-state index contributed by atoms with van der Waals surface area (Å²) in [4.78, 5) is 0. The highest BCUT2D eigenvalue weighted by Gasteiger charge is 2.22. The Morgan fingerprint density at radius 2 is 2.05 bits per heavy atom. The van der Waals surface area contributed by atoms with E-state index in [0.29, 0.717) is 0 Å². The third-order valence-electron chi connectivity index (χ3n) is 4.24. The van der Waals surface area contributed by atoms with E-state index in [-0.39, 0.29) is 11.9 Å². The van der Waals surface area contributed by atoms with Gasteiger partial charge in [0, 0.05) is 23.5 Å². The molecule has 1 aliphatic rings. The van der Waals surface area contributed by atoms with Gasteiger partial charge in [0.2, 0.25) is 0 Å². The van der Waals surface area contributed by atoms with Crippen LogP contribution in [0.5, 0.6) is 0 Å². The quantitative estimate of drug-likeness (QED) is 0.909. The fourth-order valence-electron chi connectivity index (χ4n) is 3.14. The molecule has 1 atom stereocenters. The van der Waals surface area contributed by atoms with Crippen molar-refractivity contribution in [3.05, 3.63) is 58.7 Å². The normalized spacial score (nSPS) is 18.1. The number of aliphatic hydroxyl groups excluding tert-OH is 1. The summed E-state index contributed by atoms with van der Waals surface area (Å²) in [5.74, 6) is -0.189. The van der Waals surface area contributed by atoms with Crippen molar-refractivity contribution >= 4 is 0 Å². The molecule has 3 heteroatoms. The summed E-state index contributed by atoms with van der Waals surface area (Å²) in [6, 6.07) is 8.82. The zero-order valence-corrected chi connectivity index (χ0v) is 11.8. The summed E-state index contributed by atoms with van der Waals surface area (Å²) in [6.45, 7) is 2.98. The first kappa shape index (κ1) is 13.4. The molecule has 0 bridgehead atoms. The lowest BCUT2D eigenvalue weighted by Gasteiger charge is -2.20. The number of hydrogen-bond donors (Lipinski definition) is 1. The van der Waals surface area contributed by atoms with Crippen molar-refractivity contribution in [1.29, 1.82) is 0 Å². The molecule has 0 spiro atoms. The number of aromatic nitrogens is 1. The topological polar surface area (TPSA) is 25.2 Å². The zero-order chi connectivity index (χ0) is 14.1. The van der Waals surface area contributed by atoms with Crippen molar-refractivity contribution in [3.8, 4) is 0 Å². The molecule has 1 aliphatic carbocycles. The molecule has 3 rings (SSSR count). The van der Waals surface area contributed by atoms with Crippen molar-refractivity contribution < 1.29 is 9.50 Å². The van der Waals surface area contributed by atoms with E-state index in [9.17, 15) is 9.50 Å². The number of aryl methyl sites for hydroxylation is 2. The number of nitrogens with zero attached hydrogens (tertiary/aromatic N) is 1. The van der Waals surface area contributed by atoms with Crippen LogP contribution in [0.25, 0.3) is 0 Å². The second-order valence-electron chi connectivity index (χ2n) is 5.62. The standard InChI is InChI=1S/C17H20FNO/c1-12-11-15-16(3-2-4-17(15)20)19(12)10-9-13-5-7-14(18)8-6-13/h5-8,11,17,20H,2-4,9-10H2,1H3. The number of fused-ring (bicyclic) bond motifs is 1. The molecule has 1 aromatic heterocycles. The highest BCUT2D eigenvalue weighted by Crippen LogP contribution is 2.32. The Bertz CT molecular complexity index is 600. The van der Waals surface area contributed by atoms with E-state index in [0.717, 1.165) is 43.4 Å². The number of hydrogen-bond acceptors (Lipinski definition) is 1. The Morgan fingerprint density at radius 3 is 2.80 bits per heavy atom. The van der Waals surface area contributed by atoms with Crippen molar-refractivity contribution in [2.24, 2.45) is 0 Å². The lowest BCUT2D eigenvalue weighted by Crippen LogP contribution is -2.13. The van der Waals surface area contributed by atoms with Gasteiger partial charge in [-0.3, -0.25) is 0 Å². The molecule has 2 aromatic rings. The van der Waals surface area contributed by atoms with E-state index in [4.69, 9.17) is 0 Å². The second kappa shape index (κ2) is 5.41. The molecule has 0 fully saturated rings. The molecule has 1 N–H and O–H groups in total. The highest BCUT2D eigenvalue weighted by atomic mass is 19.1.